The van der Waals surface area contributed by atoms with Crippen molar-refractivity contribution < 1.29 is 27.8 Å². The lowest BCUT2D eigenvalue weighted by molar-refractivity contribution is -0.133. The zero-order valence-corrected chi connectivity index (χ0v) is 12.0. The van der Waals surface area contributed by atoms with Crippen LogP contribution in [0, 0.1) is 0 Å². The molecule has 112 valence electrons. The Morgan fingerprint density at radius 2 is 1.90 bits per heavy atom. The number of hydrogen-bond donors (Lipinski definition) is 1. The van der Waals surface area contributed by atoms with Crippen LogP contribution >= 0.6 is 0 Å². The standard InChI is InChI=1S/C13H13NO6S/c1-2-14-9(13(15)16)5-8-6-10-11(20-4-3-19-10)7-12(8)21(14,17)18/h5-7H,2-4H2,1H3,(H,15,16). The van der Waals surface area contributed by atoms with Gasteiger partial charge in [-0.05, 0) is 19.1 Å². The van der Waals surface area contributed by atoms with E-state index in [2.05, 4.69) is 0 Å². The van der Waals surface area contributed by atoms with Crippen LogP contribution in [0.15, 0.2) is 22.7 Å². The molecule has 0 spiro atoms. The highest BCUT2D eigenvalue weighted by Gasteiger charge is 2.36. The van der Waals surface area contributed by atoms with E-state index < -0.39 is 16.0 Å². The number of likely N-dealkylation sites (N-methyl/N-ethyl adjacent to an activating group) is 1. The first-order chi connectivity index (χ1) is 9.95. The van der Waals surface area contributed by atoms with E-state index in [1.165, 1.54) is 18.2 Å². The van der Waals surface area contributed by atoms with Crippen molar-refractivity contribution in [3.63, 3.8) is 0 Å². The largest absolute Gasteiger partial charge is 0.486 e. The van der Waals surface area contributed by atoms with E-state index in [9.17, 15) is 18.3 Å². The highest BCUT2D eigenvalue weighted by atomic mass is 32.2. The van der Waals surface area contributed by atoms with Gasteiger partial charge in [0.25, 0.3) is 10.0 Å². The van der Waals surface area contributed by atoms with Crippen molar-refractivity contribution in [2.45, 2.75) is 11.8 Å². The van der Waals surface area contributed by atoms with Crippen LogP contribution in [-0.2, 0) is 14.8 Å². The molecular weight excluding hydrogens is 298 g/mol. The maximum absolute atomic E-state index is 12.6. The van der Waals surface area contributed by atoms with E-state index in [1.807, 2.05) is 0 Å². The fourth-order valence-corrected chi connectivity index (χ4v) is 4.04. The van der Waals surface area contributed by atoms with E-state index in [4.69, 9.17) is 9.47 Å². The molecule has 0 radical (unpaired) electrons. The number of fused-ring (bicyclic) bond motifs is 2. The third-order valence-corrected chi connectivity index (χ3v) is 5.25. The Hall–Kier alpha value is -2.22. The van der Waals surface area contributed by atoms with Crippen LogP contribution in [-0.4, -0.2) is 43.6 Å². The lowest BCUT2D eigenvalue weighted by Crippen LogP contribution is -2.36. The van der Waals surface area contributed by atoms with Gasteiger partial charge in [-0.15, -0.1) is 0 Å². The van der Waals surface area contributed by atoms with E-state index in [0.717, 1.165) is 4.31 Å². The number of aliphatic carboxylic acids is 1. The van der Waals surface area contributed by atoms with Crippen LogP contribution in [0.5, 0.6) is 11.5 Å². The summed E-state index contributed by atoms with van der Waals surface area (Å²) in [4.78, 5) is 11.3. The van der Waals surface area contributed by atoms with Gasteiger partial charge in [0.1, 0.15) is 18.9 Å². The van der Waals surface area contributed by atoms with Crippen LogP contribution in [0.1, 0.15) is 12.5 Å². The minimum absolute atomic E-state index is 0.0265. The third-order valence-electron chi connectivity index (χ3n) is 3.31. The highest BCUT2D eigenvalue weighted by molar-refractivity contribution is 7.89. The molecule has 3 rings (SSSR count). The quantitative estimate of drug-likeness (QED) is 0.872. The number of nitrogens with zero attached hydrogens (tertiary/aromatic N) is 1. The molecule has 0 amide bonds. The summed E-state index contributed by atoms with van der Waals surface area (Å²) in [5.74, 6) is -0.520. The number of hydrogen-bond acceptors (Lipinski definition) is 5. The molecule has 0 fully saturated rings. The molecule has 1 aromatic carbocycles. The smallest absolute Gasteiger partial charge is 0.353 e. The Morgan fingerprint density at radius 3 is 2.48 bits per heavy atom. The summed E-state index contributed by atoms with van der Waals surface area (Å²) in [5.41, 5.74) is 0.0167. The Kier molecular flexibility index (Phi) is 3.05. The normalized spacial score (nSPS) is 18.7. The molecule has 7 nitrogen and oxygen atoms in total. The summed E-state index contributed by atoms with van der Waals surface area (Å²) >= 11 is 0. The number of carboxylic acids is 1. The molecule has 0 saturated heterocycles. The Labute approximate surface area is 121 Å². The summed E-state index contributed by atoms with van der Waals surface area (Å²) in [6.45, 7) is 2.33. The predicted octanol–water partition coefficient (Wildman–Crippen LogP) is 0.908. The molecule has 1 N–H and O–H groups in total. The second-order valence-corrected chi connectivity index (χ2v) is 6.37. The van der Waals surface area contributed by atoms with Gasteiger partial charge in [0.05, 0.1) is 4.90 Å². The summed E-state index contributed by atoms with van der Waals surface area (Å²) in [5, 5.41) is 9.21. The fourth-order valence-electron chi connectivity index (χ4n) is 2.40. The van der Waals surface area contributed by atoms with E-state index in [0.29, 0.717) is 30.3 Å². The third kappa shape index (κ3) is 2.02. The molecule has 21 heavy (non-hydrogen) atoms. The first-order valence-electron chi connectivity index (χ1n) is 6.36. The van der Waals surface area contributed by atoms with E-state index in [-0.39, 0.29) is 17.1 Å². The van der Waals surface area contributed by atoms with Crippen LogP contribution in [0.3, 0.4) is 0 Å². The second kappa shape index (κ2) is 4.66. The average molecular weight is 311 g/mol. The number of carboxylic acid groups (broad SMARTS) is 1. The van der Waals surface area contributed by atoms with Gasteiger partial charge in [-0.1, -0.05) is 0 Å². The van der Waals surface area contributed by atoms with Crippen LogP contribution in [0.4, 0.5) is 0 Å². The van der Waals surface area contributed by atoms with Crippen molar-refractivity contribution >= 4 is 22.1 Å². The fraction of sp³-hybridized carbons (Fsp3) is 0.308. The number of carbonyl (C=O) groups is 1. The molecule has 2 heterocycles. The Morgan fingerprint density at radius 1 is 1.29 bits per heavy atom. The zero-order valence-electron chi connectivity index (χ0n) is 11.2. The van der Waals surface area contributed by atoms with Gasteiger partial charge in [-0.3, -0.25) is 4.31 Å². The van der Waals surface area contributed by atoms with E-state index >= 15 is 0 Å². The number of sulfonamides is 1. The molecule has 8 heteroatoms. The maximum Gasteiger partial charge on any atom is 0.353 e. The lowest BCUT2D eigenvalue weighted by Gasteiger charge is -2.29. The Bertz CT molecular complexity index is 752. The predicted molar refractivity (Wildman–Crippen MR) is 72.6 cm³/mol. The van der Waals surface area contributed by atoms with Crippen molar-refractivity contribution in [2.24, 2.45) is 0 Å². The first kappa shape index (κ1) is 13.7. The second-order valence-electron chi connectivity index (χ2n) is 4.54. The van der Waals surface area contributed by atoms with Crippen molar-refractivity contribution in [3.8, 4) is 11.5 Å². The minimum atomic E-state index is -3.91. The monoisotopic (exact) mass is 311 g/mol. The minimum Gasteiger partial charge on any atom is -0.486 e. The molecular formula is C13H13NO6S. The average Bonchev–Trinajstić information content (AvgIpc) is 2.45. The molecule has 0 bridgehead atoms. The van der Waals surface area contributed by atoms with Gasteiger partial charge in [0.15, 0.2) is 11.5 Å². The molecule has 1 aromatic rings. The molecule has 2 aliphatic heterocycles. The van der Waals surface area contributed by atoms with Gasteiger partial charge in [-0.25, -0.2) is 13.2 Å². The SMILES string of the molecule is CCN1C(C(=O)O)=Cc2cc3c(cc2S1(=O)=O)OCCO3. The van der Waals surface area contributed by atoms with Crippen LogP contribution < -0.4 is 9.47 Å². The molecule has 0 aromatic heterocycles. The number of rotatable bonds is 2. The summed E-state index contributed by atoms with van der Waals surface area (Å²) in [7, 11) is -3.91. The molecule has 2 aliphatic rings. The van der Waals surface area contributed by atoms with Crippen LogP contribution in [0.25, 0.3) is 6.08 Å². The van der Waals surface area contributed by atoms with Gasteiger partial charge >= 0.3 is 5.97 Å². The highest BCUT2D eigenvalue weighted by Crippen LogP contribution is 2.40. The van der Waals surface area contributed by atoms with Crippen molar-refractivity contribution in [3.05, 3.63) is 23.4 Å². The summed E-state index contributed by atoms with van der Waals surface area (Å²) < 4.78 is 36.8. The summed E-state index contributed by atoms with van der Waals surface area (Å²) in [6, 6.07) is 2.88. The molecule has 0 unspecified atom stereocenters. The Balaban J connectivity index is 2.26. The lowest BCUT2D eigenvalue weighted by atomic mass is 10.1. The number of benzene rings is 1. The first-order valence-corrected chi connectivity index (χ1v) is 7.80. The van der Waals surface area contributed by atoms with Gasteiger partial charge < -0.3 is 14.6 Å². The zero-order chi connectivity index (χ0) is 15.2. The van der Waals surface area contributed by atoms with Crippen molar-refractivity contribution in [1.29, 1.82) is 0 Å². The maximum atomic E-state index is 12.6. The van der Waals surface area contributed by atoms with Crippen LogP contribution in [0.2, 0.25) is 0 Å². The topological polar surface area (TPSA) is 93.1 Å². The molecule has 0 atom stereocenters. The molecule has 0 saturated carbocycles. The van der Waals surface area contributed by atoms with Gasteiger partial charge in [0.2, 0.25) is 0 Å². The van der Waals surface area contributed by atoms with Gasteiger partial charge in [-0.2, -0.15) is 0 Å². The number of ether oxygens (including phenoxy) is 2. The summed E-state index contributed by atoms with van der Waals surface area (Å²) in [6.07, 6.45) is 1.33. The van der Waals surface area contributed by atoms with Crippen molar-refractivity contribution in [1.82, 2.24) is 4.31 Å². The molecule has 0 aliphatic carbocycles. The van der Waals surface area contributed by atoms with Crippen molar-refractivity contribution in [2.75, 3.05) is 19.8 Å². The van der Waals surface area contributed by atoms with Gasteiger partial charge in [0, 0.05) is 18.2 Å². The van der Waals surface area contributed by atoms with E-state index in [1.54, 1.807) is 6.92 Å².